The number of aromatic nitrogens is 3. The quantitative estimate of drug-likeness (QED) is 0.459. The molecule has 1 saturated carbocycles. The molecule has 0 unspecified atom stereocenters. The van der Waals surface area contributed by atoms with Crippen molar-refractivity contribution in [1.82, 2.24) is 19.7 Å². The monoisotopic (exact) mass is 461 g/mol. The Morgan fingerprint density at radius 1 is 1.00 bits per heavy atom. The number of carbonyl (C=O) groups is 1. The topological polar surface area (TPSA) is 106 Å². The zero-order valence-corrected chi connectivity index (χ0v) is 19.1. The molecule has 168 valence electrons. The van der Waals surface area contributed by atoms with Gasteiger partial charge in [0.25, 0.3) is 0 Å². The molecule has 1 amide bonds. The van der Waals surface area contributed by atoms with Crippen LogP contribution in [0.15, 0.2) is 71.6 Å². The third-order valence-corrected chi connectivity index (χ3v) is 7.67. The number of fused-ring (bicyclic) bond motifs is 1. The zero-order chi connectivity index (χ0) is 23.2. The van der Waals surface area contributed by atoms with Crippen LogP contribution >= 0.6 is 0 Å². The van der Waals surface area contributed by atoms with E-state index in [0.717, 1.165) is 40.6 Å². The van der Waals surface area contributed by atoms with Crippen molar-refractivity contribution < 1.29 is 13.2 Å². The van der Waals surface area contributed by atoms with Crippen LogP contribution in [0.1, 0.15) is 18.4 Å². The molecular formula is C24H23N5O3S. The second-order valence-corrected chi connectivity index (χ2v) is 10.2. The van der Waals surface area contributed by atoms with E-state index in [2.05, 4.69) is 20.4 Å². The van der Waals surface area contributed by atoms with E-state index in [0.29, 0.717) is 5.69 Å². The summed E-state index contributed by atoms with van der Waals surface area (Å²) < 4.78 is 27.9. The van der Waals surface area contributed by atoms with Gasteiger partial charge >= 0.3 is 0 Å². The SMILES string of the molecule is CNS(=O)(=O)c1ccc(-c2cccc(NC(=O)C3(c4ccc5c(c4)nnn5C)CC3)c2)cc1. The maximum absolute atomic E-state index is 13.2. The van der Waals surface area contributed by atoms with Crippen molar-refractivity contribution in [3.8, 4) is 11.1 Å². The molecule has 0 spiro atoms. The van der Waals surface area contributed by atoms with Crippen LogP contribution in [0.4, 0.5) is 5.69 Å². The highest BCUT2D eigenvalue weighted by Crippen LogP contribution is 2.49. The smallest absolute Gasteiger partial charge is 0.240 e. The molecule has 0 bridgehead atoms. The fraction of sp³-hybridized carbons (Fsp3) is 0.208. The van der Waals surface area contributed by atoms with Gasteiger partial charge in [0.1, 0.15) is 5.52 Å². The van der Waals surface area contributed by atoms with Gasteiger partial charge in [0, 0.05) is 12.7 Å². The number of nitrogens with zero attached hydrogens (tertiary/aromatic N) is 3. The van der Waals surface area contributed by atoms with Crippen molar-refractivity contribution >= 4 is 32.7 Å². The molecule has 0 atom stereocenters. The lowest BCUT2D eigenvalue weighted by molar-refractivity contribution is -0.118. The Hall–Kier alpha value is -3.56. The Bertz CT molecular complexity index is 1470. The molecule has 4 aromatic rings. The molecule has 5 rings (SSSR count). The molecule has 9 heteroatoms. The molecule has 1 fully saturated rings. The number of anilines is 1. The van der Waals surface area contributed by atoms with E-state index in [1.54, 1.807) is 28.9 Å². The van der Waals surface area contributed by atoms with Crippen LogP contribution < -0.4 is 10.0 Å². The molecule has 1 aliphatic rings. The van der Waals surface area contributed by atoms with Crippen molar-refractivity contribution in [2.45, 2.75) is 23.2 Å². The minimum Gasteiger partial charge on any atom is -0.325 e. The Labute approximate surface area is 191 Å². The largest absolute Gasteiger partial charge is 0.325 e. The highest BCUT2D eigenvalue weighted by molar-refractivity contribution is 7.89. The number of nitrogens with one attached hydrogen (secondary N) is 2. The van der Waals surface area contributed by atoms with Gasteiger partial charge in [-0.1, -0.05) is 35.5 Å². The van der Waals surface area contributed by atoms with Crippen molar-refractivity contribution in [3.63, 3.8) is 0 Å². The number of amides is 1. The second-order valence-electron chi connectivity index (χ2n) is 8.27. The lowest BCUT2D eigenvalue weighted by Crippen LogP contribution is -2.27. The summed E-state index contributed by atoms with van der Waals surface area (Å²) in [6, 6.07) is 20.1. The van der Waals surface area contributed by atoms with E-state index in [1.807, 2.05) is 49.5 Å². The fourth-order valence-corrected chi connectivity index (χ4v) is 4.81. The molecule has 0 radical (unpaired) electrons. The number of rotatable bonds is 6. The van der Waals surface area contributed by atoms with Gasteiger partial charge in [0.2, 0.25) is 15.9 Å². The number of hydrogen-bond acceptors (Lipinski definition) is 5. The number of sulfonamides is 1. The van der Waals surface area contributed by atoms with E-state index in [4.69, 9.17) is 0 Å². The lowest BCUT2D eigenvalue weighted by Gasteiger charge is -2.16. The van der Waals surface area contributed by atoms with E-state index in [-0.39, 0.29) is 10.8 Å². The minimum absolute atomic E-state index is 0.0432. The van der Waals surface area contributed by atoms with Gasteiger partial charge < -0.3 is 5.32 Å². The van der Waals surface area contributed by atoms with Gasteiger partial charge in [-0.2, -0.15) is 0 Å². The van der Waals surface area contributed by atoms with Crippen molar-refractivity contribution in [3.05, 3.63) is 72.3 Å². The molecule has 0 aliphatic heterocycles. The summed E-state index contributed by atoms with van der Waals surface area (Å²) in [7, 11) is -0.262. The molecule has 1 aliphatic carbocycles. The predicted molar refractivity (Wildman–Crippen MR) is 126 cm³/mol. The molecule has 1 heterocycles. The molecular weight excluding hydrogens is 438 g/mol. The molecule has 8 nitrogen and oxygen atoms in total. The maximum Gasteiger partial charge on any atom is 0.240 e. The van der Waals surface area contributed by atoms with Gasteiger partial charge in [-0.05, 0) is 73.0 Å². The molecule has 2 N–H and O–H groups in total. The fourth-order valence-electron chi connectivity index (χ4n) is 4.08. The number of aryl methyl sites for hydroxylation is 1. The van der Waals surface area contributed by atoms with Crippen LogP contribution in [0, 0.1) is 0 Å². The summed E-state index contributed by atoms with van der Waals surface area (Å²) in [5.74, 6) is -0.0432. The van der Waals surface area contributed by atoms with Crippen LogP contribution in [0.3, 0.4) is 0 Å². The van der Waals surface area contributed by atoms with E-state index in [9.17, 15) is 13.2 Å². The Morgan fingerprint density at radius 3 is 2.45 bits per heavy atom. The minimum atomic E-state index is -3.49. The van der Waals surface area contributed by atoms with Crippen molar-refractivity contribution in [2.24, 2.45) is 7.05 Å². The molecule has 3 aromatic carbocycles. The first-order chi connectivity index (χ1) is 15.8. The van der Waals surface area contributed by atoms with Crippen molar-refractivity contribution in [1.29, 1.82) is 0 Å². The summed E-state index contributed by atoms with van der Waals surface area (Å²) >= 11 is 0. The van der Waals surface area contributed by atoms with Gasteiger partial charge in [0.05, 0.1) is 15.8 Å². The average Bonchev–Trinajstić information content (AvgIpc) is 3.57. The first-order valence-corrected chi connectivity index (χ1v) is 12.1. The van der Waals surface area contributed by atoms with Gasteiger partial charge in [-0.3, -0.25) is 4.79 Å². The third-order valence-electron chi connectivity index (χ3n) is 6.24. The Morgan fingerprint density at radius 2 is 1.76 bits per heavy atom. The van der Waals surface area contributed by atoms with Gasteiger partial charge in [-0.25, -0.2) is 17.8 Å². The van der Waals surface area contributed by atoms with E-state index in [1.165, 1.54) is 7.05 Å². The molecule has 33 heavy (non-hydrogen) atoms. The van der Waals surface area contributed by atoms with Gasteiger partial charge in [-0.15, -0.1) is 5.10 Å². The highest BCUT2D eigenvalue weighted by atomic mass is 32.2. The highest BCUT2D eigenvalue weighted by Gasteiger charge is 2.51. The average molecular weight is 462 g/mol. The predicted octanol–water partition coefficient (Wildman–Crippen LogP) is 3.21. The first kappa shape index (κ1) is 21.3. The third kappa shape index (κ3) is 3.79. The van der Waals surface area contributed by atoms with Crippen LogP contribution in [-0.2, 0) is 27.3 Å². The van der Waals surface area contributed by atoms with Crippen LogP contribution in [0.5, 0.6) is 0 Å². The van der Waals surface area contributed by atoms with Crippen LogP contribution in [0.2, 0.25) is 0 Å². The first-order valence-electron chi connectivity index (χ1n) is 10.6. The summed E-state index contributed by atoms with van der Waals surface area (Å²) in [5.41, 5.74) is 4.53. The van der Waals surface area contributed by atoms with Crippen LogP contribution in [-0.4, -0.2) is 36.4 Å². The summed E-state index contributed by atoms with van der Waals surface area (Å²) in [5, 5.41) is 11.3. The summed E-state index contributed by atoms with van der Waals surface area (Å²) in [6.45, 7) is 0. The Kier molecular flexibility index (Phi) is 5.02. The van der Waals surface area contributed by atoms with Crippen LogP contribution in [0.25, 0.3) is 22.2 Å². The van der Waals surface area contributed by atoms with Crippen molar-refractivity contribution in [2.75, 3.05) is 12.4 Å². The summed E-state index contributed by atoms with van der Waals surface area (Å²) in [6.07, 6.45) is 1.57. The number of benzene rings is 3. The lowest BCUT2D eigenvalue weighted by atomic mass is 9.94. The zero-order valence-electron chi connectivity index (χ0n) is 18.2. The normalized spacial score (nSPS) is 14.8. The maximum atomic E-state index is 13.2. The summed E-state index contributed by atoms with van der Waals surface area (Å²) in [4.78, 5) is 13.5. The standard InChI is InChI=1S/C24H23N5O3S/c1-25-33(31,32)20-9-6-16(7-10-20)17-4-3-5-19(14-17)26-23(30)24(12-13-24)18-8-11-22-21(15-18)27-28-29(22)2/h3-11,14-15,25H,12-13H2,1-2H3,(H,26,30). The van der Waals surface area contributed by atoms with E-state index >= 15 is 0 Å². The molecule has 0 saturated heterocycles. The van der Waals surface area contributed by atoms with E-state index < -0.39 is 15.4 Å². The number of carbonyl (C=O) groups excluding carboxylic acids is 1. The Balaban J connectivity index is 1.37. The second kappa shape index (κ2) is 7.79. The van der Waals surface area contributed by atoms with Gasteiger partial charge in [0.15, 0.2) is 0 Å². The number of hydrogen-bond donors (Lipinski definition) is 2. The molecule has 1 aromatic heterocycles.